The van der Waals surface area contributed by atoms with Crippen LogP contribution in [0.2, 0.25) is 0 Å². The molecule has 0 spiro atoms. The Labute approximate surface area is 93.6 Å². The van der Waals surface area contributed by atoms with Crippen LogP contribution in [0.5, 0.6) is 0 Å². The first kappa shape index (κ1) is 15.7. The Bertz CT molecular complexity index is 15.5. The largest absolute Gasteiger partial charge is 0 e. The minimum atomic E-state index is -2.17. The molecule has 0 heterocycles. The van der Waals surface area contributed by atoms with Gasteiger partial charge in [0.05, 0.1) is 0 Å². The summed E-state index contributed by atoms with van der Waals surface area (Å²) in [7, 11) is -2.17. The third kappa shape index (κ3) is 33.5. The molecule has 0 rings (SSSR count). The first-order chi connectivity index (χ1) is 1.73. The molecule has 0 aliphatic heterocycles. The van der Waals surface area contributed by atoms with Crippen molar-refractivity contribution < 1.29 is 36.8 Å². The van der Waals surface area contributed by atoms with Crippen molar-refractivity contribution in [3.8, 4) is 0 Å². The maximum absolute atomic E-state index is 7.17. The summed E-state index contributed by atoms with van der Waals surface area (Å²) in [6.07, 6.45) is 0. The molecule has 0 saturated heterocycles. The Balaban J connectivity index is -0.0000000450. The molecule has 30 valence electrons. The molecule has 0 aromatic heterocycles. The van der Waals surface area contributed by atoms with E-state index in [2.05, 4.69) is 0 Å². The summed E-state index contributed by atoms with van der Waals surface area (Å²) >= 11 is 0. The normalized spacial score (nSPS) is 4.50. The Morgan fingerprint density at radius 2 is 1.00 bits per heavy atom. The van der Waals surface area contributed by atoms with Gasteiger partial charge in [0.1, 0.15) is 0 Å². The Kier molecular flexibility index (Phi) is 27.1. The maximum atomic E-state index is 7.17. The van der Waals surface area contributed by atoms with Crippen LogP contribution >= 0.6 is 0 Å². The summed E-state index contributed by atoms with van der Waals surface area (Å²) in [5.41, 5.74) is 0. The van der Waals surface area contributed by atoms with E-state index in [9.17, 15) is 0 Å². The van der Waals surface area contributed by atoms with Crippen LogP contribution in [0.1, 0.15) is 0 Å². The second kappa shape index (κ2) is 10.3. The van der Waals surface area contributed by atoms with Gasteiger partial charge in [-0.3, -0.25) is 0 Å². The monoisotopic (exact) mass is 150 g/mol. The fourth-order valence-electron chi connectivity index (χ4n) is 0. The first-order valence-electron chi connectivity index (χ1n) is 0.775. The van der Waals surface area contributed by atoms with Gasteiger partial charge in [-0.05, 0) is 0 Å². The van der Waals surface area contributed by atoms with Crippen LogP contribution < -0.4 is 0 Å². The molecule has 0 amide bonds. The van der Waals surface area contributed by atoms with Gasteiger partial charge >= 0.3 is 58.7 Å². The summed E-state index contributed by atoms with van der Waals surface area (Å²) in [5.74, 6) is 0. The Morgan fingerprint density at radius 1 is 1.00 bits per heavy atom. The zero-order chi connectivity index (χ0) is 3.58. The smallest absolute Gasteiger partial charge is 0 e. The van der Waals surface area contributed by atoms with Crippen LogP contribution in [-0.2, 0) is 21.7 Å². The summed E-state index contributed by atoms with van der Waals surface area (Å²) in [6.45, 7) is 0. The standard InChI is InChI=1S/BH3O3.K.Ti.H/c2-1(3)4;;;/h2-4H;;;. The molecule has 6 heteroatoms. The van der Waals surface area contributed by atoms with E-state index < -0.39 is 7.32 Å². The van der Waals surface area contributed by atoms with Gasteiger partial charge in [-0.2, -0.15) is 0 Å². The van der Waals surface area contributed by atoms with Crippen LogP contribution in [0.3, 0.4) is 0 Å². The molecule has 0 fully saturated rings. The average Bonchev–Trinajstić information content (AvgIpc) is 0.811. The van der Waals surface area contributed by atoms with Crippen LogP contribution in [-0.4, -0.2) is 73.8 Å². The zero-order valence-corrected chi connectivity index (χ0v) is 3.98. The summed E-state index contributed by atoms with van der Waals surface area (Å²) in [4.78, 5) is 0. The molecule has 0 aromatic rings. The molecule has 3 nitrogen and oxygen atoms in total. The third-order valence-electron chi connectivity index (χ3n) is 0. The van der Waals surface area contributed by atoms with Crippen molar-refractivity contribution in [1.29, 1.82) is 0 Å². The van der Waals surface area contributed by atoms with Crippen LogP contribution in [0, 0.1) is 0 Å². The molecule has 0 radical (unpaired) electrons. The van der Waals surface area contributed by atoms with E-state index >= 15 is 0 Å². The third-order valence-corrected chi connectivity index (χ3v) is 0. The van der Waals surface area contributed by atoms with Crippen LogP contribution in [0.4, 0.5) is 0 Å². The maximum Gasteiger partial charge on any atom is 0 e. The molecule has 6 heavy (non-hydrogen) atoms. The molecule has 0 saturated carbocycles. The summed E-state index contributed by atoms with van der Waals surface area (Å²) in [6, 6.07) is 0. The van der Waals surface area contributed by atoms with Gasteiger partial charge in [0.15, 0.2) is 0 Å². The van der Waals surface area contributed by atoms with E-state index in [1.807, 2.05) is 0 Å². The minimum Gasteiger partial charge on any atom is 0 e. The van der Waals surface area contributed by atoms with Crippen molar-refractivity contribution in [2.24, 2.45) is 0 Å². The SMILES string of the molecule is OB(O)O.[KH].[Ti]. The minimum absolute atomic E-state index is 0. The predicted octanol–water partition coefficient (Wildman–Crippen LogP) is -2.70. The first-order valence-corrected chi connectivity index (χ1v) is 0.775. The van der Waals surface area contributed by atoms with Crippen LogP contribution in [0.25, 0.3) is 0 Å². The Hall–Kier alpha value is 2.30. The molecule has 0 atom stereocenters. The molecule has 0 unspecified atom stereocenters. The quantitative estimate of drug-likeness (QED) is 0.329. The zero-order valence-electron chi connectivity index (χ0n) is 2.42. The molecular formula is H4BKO3Ti. The van der Waals surface area contributed by atoms with Gasteiger partial charge in [0.25, 0.3) is 0 Å². The van der Waals surface area contributed by atoms with E-state index in [0.717, 1.165) is 0 Å². The van der Waals surface area contributed by atoms with Gasteiger partial charge in [-0.25, -0.2) is 0 Å². The predicted molar refractivity (Wildman–Crippen MR) is 19.6 cm³/mol. The van der Waals surface area contributed by atoms with Gasteiger partial charge in [-0.1, -0.05) is 0 Å². The van der Waals surface area contributed by atoms with E-state index in [0.29, 0.717) is 0 Å². The molecular weight excluding hydrogens is 146 g/mol. The average molecular weight is 150 g/mol. The number of hydrogen-bond acceptors (Lipinski definition) is 3. The van der Waals surface area contributed by atoms with E-state index in [1.165, 1.54) is 0 Å². The summed E-state index contributed by atoms with van der Waals surface area (Å²) in [5, 5.41) is 21.5. The topological polar surface area (TPSA) is 60.7 Å². The molecule has 3 N–H and O–H groups in total. The molecule has 0 bridgehead atoms. The number of hydrogen-bond donors (Lipinski definition) is 3. The van der Waals surface area contributed by atoms with Gasteiger partial charge in [-0.15, -0.1) is 0 Å². The second-order valence-electron chi connectivity index (χ2n) is 0.346. The molecule has 0 aliphatic carbocycles. The molecule has 0 aliphatic rings. The van der Waals surface area contributed by atoms with E-state index in [-0.39, 0.29) is 73.1 Å². The van der Waals surface area contributed by atoms with E-state index in [4.69, 9.17) is 15.1 Å². The Morgan fingerprint density at radius 3 is 1.00 bits per heavy atom. The summed E-state index contributed by atoms with van der Waals surface area (Å²) < 4.78 is 0. The van der Waals surface area contributed by atoms with Crippen molar-refractivity contribution in [3.05, 3.63) is 0 Å². The van der Waals surface area contributed by atoms with Crippen molar-refractivity contribution in [3.63, 3.8) is 0 Å². The van der Waals surface area contributed by atoms with E-state index in [1.54, 1.807) is 0 Å². The fourth-order valence-corrected chi connectivity index (χ4v) is 0. The van der Waals surface area contributed by atoms with Crippen molar-refractivity contribution >= 4 is 58.7 Å². The second-order valence-corrected chi connectivity index (χ2v) is 0.346. The van der Waals surface area contributed by atoms with Gasteiger partial charge in [0.2, 0.25) is 0 Å². The van der Waals surface area contributed by atoms with Gasteiger partial charge in [0, 0.05) is 21.7 Å². The van der Waals surface area contributed by atoms with Crippen LogP contribution in [0.15, 0.2) is 0 Å². The fraction of sp³-hybridized carbons (Fsp3) is 0. The molecule has 0 aromatic carbocycles. The number of rotatable bonds is 0. The van der Waals surface area contributed by atoms with Crippen molar-refractivity contribution in [2.75, 3.05) is 0 Å². The van der Waals surface area contributed by atoms with Crippen molar-refractivity contribution in [2.45, 2.75) is 0 Å². The van der Waals surface area contributed by atoms with Crippen molar-refractivity contribution in [1.82, 2.24) is 0 Å². The van der Waals surface area contributed by atoms with Gasteiger partial charge < -0.3 is 15.1 Å².